The van der Waals surface area contributed by atoms with Crippen molar-refractivity contribution in [3.8, 4) is 11.5 Å². The molecule has 8 nitrogen and oxygen atoms in total. The Morgan fingerprint density at radius 3 is 2.14 bits per heavy atom. The van der Waals surface area contributed by atoms with E-state index < -0.39 is 0 Å². The second-order valence-corrected chi connectivity index (χ2v) is 10.2. The average Bonchev–Trinajstić information content (AvgIpc) is 3.47. The molecule has 1 heterocycles. The van der Waals surface area contributed by atoms with Gasteiger partial charge in [0.2, 0.25) is 5.91 Å². The van der Waals surface area contributed by atoms with Crippen molar-refractivity contribution in [2.24, 2.45) is 0 Å². The summed E-state index contributed by atoms with van der Waals surface area (Å²) >= 11 is 0. The molecule has 43 heavy (non-hydrogen) atoms. The Morgan fingerprint density at radius 2 is 1.49 bits per heavy atom. The Balaban J connectivity index is 1.59. The van der Waals surface area contributed by atoms with Crippen LogP contribution in [0.3, 0.4) is 0 Å². The minimum Gasteiger partial charge on any atom is -0.497 e. The molecule has 2 amide bonds. The van der Waals surface area contributed by atoms with E-state index in [1.54, 1.807) is 47.2 Å². The lowest BCUT2D eigenvalue weighted by Gasteiger charge is -2.28. The van der Waals surface area contributed by atoms with Crippen LogP contribution in [-0.4, -0.2) is 67.2 Å². The largest absolute Gasteiger partial charge is 0.497 e. The molecule has 0 fully saturated rings. The highest BCUT2D eigenvalue weighted by atomic mass is 19.1. The predicted molar refractivity (Wildman–Crippen MR) is 163 cm³/mol. The van der Waals surface area contributed by atoms with Crippen molar-refractivity contribution < 1.29 is 28.2 Å². The number of hydrogen-bond donors (Lipinski definition) is 0. The van der Waals surface area contributed by atoms with Gasteiger partial charge in [0.05, 0.1) is 20.8 Å². The minimum atomic E-state index is -0.305. The number of halogens is 1. The maximum absolute atomic E-state index is 14.0. The smallest absolute Gasteiger partial charge is 0.254 e. The van der Waals surface area contributed by atoms with Gasteiger partial charge in [0.1, 0.15) is 23.9 Å². The van der Waals surface area contributed by atoms with Crippen LogP contribution in [0.5, 0.6) is 11.5 Å². The van der Waals surface area contributed by atoms with Gasteiger partial charge in [-0.05, 0) is 53.9 Å². The van der Waals surface area contributed by atoms with Gasteiger partial charge in [0, 0.05) is 56.9 Å². The molecule has 0 radical (unpaired) electrons. The molecule has 0 N–H and O–H groups in total. The first kappa shape index (κ1) is 31.3. The number of methoxy groups -OCH3 is 3. The predicted octanol–water partition coefficient (Wildman–Crippen LogP) is 5.40. The Kier molecular flexibility index (Phi) is 11.3. The second-order valence-electron chi connectivity index (χ2n) is 10.2. The summed E-state index contributed by atoms with van der Waals surface area (Å²) in [6.07, 6.45) is 2.51. The fraction of sp³-hybridized carbons (Fsp3) is 0.294. The Morgan fingerprint density at radius 1 is 0.791 bits per heavy atom. The summed E-state index contributed by atoms with van der Waals surface area (Å²) < 4.78 is 31.5. The van der Waals surface area contributed by atoms with E-state index in [0.29, 0.717) is 56.3 Å². The lowest BCUT2D eigenvalue weighted by atomic mass is 10.1. The van der Waals surface area contributed by atoms with Crippen molar-refractivity contribution in [2.75, 3.05) is 41.0 Å². The molecule has 0 saturated heterocycles. The van der Waals surface area contributed by atoms with Crippen molar-refractivity contribution >= 4 is 11.8 Å². The van der Waals surface area contributed by atoms with E-state index in [0.717, 1.165) is 16.8 Å². The molecular formula is C34H38FN3O5. The van der Waals surface area contributed by atoms with Gasteiger partial charge in [-0.3, -0.25) is 9.59 Å². The van der Waals surface area contributed by atoms with E-state index in [-0.39, 0.29) is 24.2 Å². The van der Waals surface area contributed by atoms with Crippen LogP contribution in [-0.2, 0) is 29.2 Å². The molecule has 0 saturated carbocycles. The summed E-state index contributed by atoms with van der Waals surface area (Å²) in [5.74, 6) is 0.185. The van der Waals surface area contributed by atoms with Gasteiger partial charge in [-0.1, -0.05) is 42.5 Å². The summed E-state index contributed by atoms with van der Waals surface area (Å²) in [5, 5.41) is 0. The fourth-order valence-corrected chi connectivity index (χ4v) is 4.79. The SMILES string of the molecule is COCCCN(CC(=O)N(Cc1ccccc1)Cc1cccn1Cc1ccc(F)cc1)C(=O)c1cc(OC)cc(OC)c1. The van der Waals surface area contributed by atoms with Crippen LogP contribution in [0.4, 0.5) is 4.39 Å². The van der Waals surface area contributed by atoms with E-state index >= 15 is 0 Å². The minimum absolute atomic E-state index is 0.117. The van der Waals surface area contributed by atoms with Crippen molar-refractivity contribution in [3.63, 3.8) is 0 Å². The first-order valence-electron chi connectivity index (χ1n) is 14.1. The zero-order chi connectivity index (χ0) is 30.6. The molecule has 0 spiro atoms. The zero-order valence-corrected chi connectivity index (χ0v) is 24.9. The molecule has 0 aliphatic heterocycles. The van der Waals surface area contributed by atoms with E-state index in [1.807, 2.05) is 53.2 Å². The third-order valence-electron chi connectivity index (χ3n) is 7.10. The number of carbonyl (C=O) groups excluding carboxylic acids is 2. The first-order chi connectivity index (χ1) is 20.9. The van der Waals surface area contributed by atoms with Gasteiger partial charge in [0.15, 0.2) is 0 Å². The van der Waals surface area contributed by atoms with Gasteiger partial charge in [-0.25, -0.2) is 4.39 Å². The number of carbonyl (C=O) groups is 2. The molecule has 0 bridgehead atoms. The van der Waals surface area contributed by atoms with E-state index in [1.165, 1.54) is 26.4 Å². The van der Waals surface area contributed by atoms with Crippen LogP contribution < -0.4 is 9.47 Å². The van der Waals surface area contributed by atoms with E-state index in [2.05, 4.69) is 0 Å². The van der Waals surface area contributed by atoms with E-state index in [4.69, 9.17) is 14.2 Å². The highest BCUT2D eigenvalue weighted by molar-refractivity contribution is 5.97. The quantitative estimate of drug-likeness (QED) is 0.174. The van der Waals surface area contributed by atoms with Gasteiger partial charge in [-0.15, -0.1) is 0 Å². The zero-order valence-electron chi connectivity index (χ0n) is 24.9. The lowest BCUT2D eigenvalue weighted by molar-refractivity contribution is -0.133. The van der Waals surface area contributed by atoms with Gasteiger partial charge >= 0.3 is 0 Å². The third kappa shape index (κ3) is 8.93. The molecule has 0 unspecified atom stereocenters. The Bertz CT molecular complexity index is 1450. The van der Waals surface area contributed by atoms with Crippen LogP contribution >= 0.6 is 0 Å². The molecule has 0 atom stereocenters. The molecule has 0 aliphatic rings. The highest BCUT2D eigenvalue weighted by Crippen LogP contribution is 2.24. The molecule has 0 aliphatic carbocycles. The van der Waals surface area contributed by atoms with Gasteiger partial charge in [-0.2, -0.15) is 0 Å². The monoisotopic (exact) mass is 587 g/mol. The van der Waals surface area contributed by atoms with Crippen LogP contribution in [0.2, 0.25) is 0 Å². The van der Waals surface area contributed by atoms with Crippen molar-refractivity contribution in [2.45, 2.75) is 26.1 Å². The Hall–Kier alpha value is -4.63. The van der Waals surface area contributed by atoms with Crippen LogP contribution in [0.15, 0.2) is 91.1 Å². The van der Waals surface area contributed by atoms with Crippen molar-refractivity contribution in [3.05, 3.63) is 119 Å². The molecule has 3 aromatic carbocycles. The highest BCUT2D eigenvalue weighted by Gasteiger charge is 2.24. The average molecular weight is 588 g/mol. The number of amides is 2. The summed E-state index contributed by atoms with van der Waals surface area (Å²) in [6.45, 7) is 1.90. The molecule has 1 aromatic heterocycles. The van der Waals surface area contributed by atoms with Gasteiger partial charge < -0.3 is 28.6 Å². The van der Waals surface area contributed by atoms with Crippen molar-refractivity contribution in [1.82, 2.24) is 14.4 Å². The number of ether oxygens (including phenoxy) is 3. The standard InChI is InChI=1S/C34H38FN3O5/c1-41-18-8-17-37(34(40)28-19-31(42-2)21-32(20-28)43-3)25-33(39)38(23-26-9-5-4-6-10-26)24-30-11-7-16-36(30)22-27-12-14-29(35)15-13-27/h4-7,9-16,19-21H,8,17-18,22-25H2,1-3H3. The summed E-state index contributed by atoms with van der Waals surface area (Å²) in [4.78, 5) is 31.1. The van der Waals surface area contributed by atoms with Gasteiger partial charge in [0.25, 0.3) is 5.91 Å². The van der Waals surface area contributed by atoms with Crippen molar-refractivity contribution in [1.29, 1.82) is 0 Å². The second kappa shape index (κ2) is 15.6. The molecule has 4 rings (SSSR count). The molecule has 9 heteroatoms. The molecule has 226 valence electrons. The van der Waals surface area contributed by atoms with E-state index in [9.17, 15) is 14.0 Å². The first-order valence-corrected chi connectivity index (χ1v) is 14.1. The molecular weight excluding hydrogens is 549 g/mol. The topological polar surface area (TPSA) is 73.2 Å². The normalized spacial score (nSPS) is 10.8. The van der Waals surface area contributed by atoms with Crippen LogP contribution in [0, 0.1) is 5.82 Å². The molecule has 4 aromatic rings. The maximum Gasteiger partial charge on any atom is 0.254 e. The summed E-state index contributed by atoms with van der Waals surface area (Å²) in [7, 11) is 4.65. The number of nitrogens with zero attached hydrogens (tertiary/aromatic N) is 3. The third-order valence-corrected chi connectivity index (χ3v) is 7.10. The van der Waals surface area contributed by atoms with Crippen LogP contribution in [0.25, 0.3) is 0 Å². The number of hydrogen-bond acceptors (Lipinski definition) is 5. The maximum atomic E-state index is 14.0. The number of benzene rings is 3. The summed E-state index contributed by atoms with van der Waals surface area (Å²) in [5.41, 5.74) is 3.21. The van der Waals surface area contributed by atoms with Crippen LogP contribution in [0.1, 0.15) is 33.6 Å². The lowest BCUT2D eigenvalue weighted by Crippen LogP contribution is -2.43. The fourth-order valence-electron chi connectivity index (χ4n) is 4.79. The number of rotatable bonds is 15. The summed E-state index contributed by atoms with van der Waals surface area (Å²) in [6, 6.07) is 25.0. The number of aromatic nitrogens is 1. The Labute approximate surface area is 252 Å².